The van der Waals surface area contributed by atoms with Crippen LogP contribution in [0.15, 0.2) is 18.5 Å². The van der Waals surface area contributed by atoms with E-state index in [2.05, 4.69) is 4.98 Å². The van der Waals surface area contributed by atoms with Crippen LogP contribution in [0.2, 0.25) is 0 Å². The maximum Gasteiger partial charge on any atom is 0.257 e. The van der Waals surface area contributed by atoms with Gasteiger partial charge >= 0.3 is 0 Å². The van der Waals surface area contributed by atoms with Crippen LogP contribution in [0.3, 0.4) is 0 Å². The molecule has 0 atom stereocenters. The monoisotopic (exact) mass is 291 g/mol. The Hall–Kier alpha value is -1.62. The van der Waals surface area contributed by atoms with E-state index >= 15 is 0 Å². The van der Waals surface area contributed by atoms with Gasteiger partial charge < -0.3 is 15.7 Å². The van der Waals surface area contributed by atoms with Gasteiger partial charge in [-0.2, -0.15) is 0 Å². The second-order valence-corrected chi connectivity index (χ2v) is 5.68. The fraction of sp³-hybridized carbons (Fsp3) is 0.625. The van der Waals surface area contributed by atoms with Gasteiger partial charge in [-0.15, -0.1) is 0 Å². The van der Waals surface area contributed by atoms with Crippen LogP contribution in [0.5, 0.6) is 5.75 Å². The molecule has 0 bridgehead atoms. The highest BCUT2D eigenvalue weighted by molar-refractivity contribution is 5.96. The molecule has 1 aliphatic rings. The number of carbonyl (C=O) groups excluding carboxylic acids is 1. The molecule has 5 heteroatoms. The van der Waals surface area contributed by atoms with Crippen molar-refractivity contribution < 1.29 is 9.90 Å². The van der Waals surface area contributed by atoms with E-state index in [0.717, 1.165) is 19.3 Å². The van der Waals surface area contributed by atoms with Crippen molar-refractivity contribution >= 4 is 5.91 Å². The van der Waals surface area contributed by atoms with Crippen LogP contribution in [-0.2, 0) is 0 Å². The largest absolute Gasteiger partial charge is 0.505 e. The van der Waals surface area contributed by atoms with Crippen molar-refractivity contribution in [1.29, 1.82) is 0 Å². The number of amides is 1. The average Bonchev–Trinajstić information content (AvgIpc) is 2.77. The van der Waals surface area contributed by atoms with Gasteiger partial charge in [-0.05, 0) is 31.9 Å². The fourth-order valence-electron chi connectivity index (χ4n) is 3.00. The fourth-order valence-corrected chi connectivity index (χ4v) is 3.00. The predicted molar refractivity (Wildman–Crippen MR) is 82.1 cm³/mol. The van der Waals surface area contributed by atoms with E-state index in [1.54, 1.807) is 12.3 Å². The zero-order chi connectivity index (χ0) is 15.1. The van der Waals surface area contributed by atoms with Crippen molar-refractivity contribution in [2.45, 2.75) is 51.0 Å². The van der Waals surface area contributed by atoms with Gasteiger partial charge in [0.15, 0.2) is 0 Å². The molecule has 0 spiro atoms. The average molecular weight is 291 g/mol. The lowest BCUT2D eigenvalue weighted by Gasteiger charge is -2.31. The van der Waals surface area contributed by atoms with Crippen molar-refractivity contribution in [3.8, 4) is 5.75 Å². The van der Waals surface area contributed by atoms with Gasteiger partial charge in [0.1, 0.15) is 5.75 Å². The maximum atomic E-state index is 12.8. The summed E-state index contributed by atoms with van der Waals surface area (Å²) in [5.41, 5.74) is 5.95. The zero-order valence-electron chi connectivity index (χ0n) is 12.5. The summed E-state index contributed by atoms with van der Waals surface area (Å²) in [6, 6.07) is 1.85. The number of rotatable bonds is 5. The molecule has 0 saturated heterocycles. The van der Waals surface area contributed by atoms with Crippen molar-refractivity contribution in [3.05, 3.63) is 24.0 Å². The Balaban J connectivity index is 2.17. The molecule has 21 heavy (non-hydrogen) atoms. The van der Waals surface area contributed by atoms with Gasteiger partial charge in [0.25, 0.3) is 5.91 Å². The maximum absolute atomic E-state index is 12.8. The second kappa shape index (κ2) is 7.98. The summed E-state index contributed by atoms with van der Waals surface area (Å²) < 4.78 is 0. The number of hydrogen-bond donors (Lipinski definition) is 2. The molecule has 0 aromatic carbocycles. The minimum absolute atomic E-state index is 0.0473. The van der Waals surface area contributed by atoms with Gasteiger partial charge in [0.2, 0.25) is 0 Å². The molecule has 0 radical (unpaired) electrons. The van der Waals surface area contributed by atoms with Crippen LogP contribution in [0.4, 0.5) is 0 Å². The molecule has 1 amide bonds. The molecular formula is C16H25N3O2. The molecule has 2 rings (SSSR count). The number of pyridine rings is 1. The molecule has 1 aliphatic carbocycles. The number of aromatic nitrogens is 1. The number of aromatic hydroxyl groups is 1. The molecule has 1 aromatic rings. The Morgan fingerprint density at radius 3 is 2.67 bits per heavy atom. The zero-order valence-corrected chi connectivity index (χ0v) is 12.5. The molecule has 0 aliphatic heterocycles. The molecule has 0 unspecified atom stereocenters. The summed E-state index contributed by atoms with van der Waals surface area (Å²) in [6.45, 7) is 1.22. The summed E-state index contributed by atoms with van der Waals surface area (Å²) in [6.07, 6.45) is 10.6. The van der Waals surface area contributed by atoms with Crippen molar-refractivity contribution in [2.75, 3.05) is 13.1 Å². The van der Waals surface area contributed by atoms with Gasteiger partial charge in [0.05, 0.1) is 11.8 Å². The Bertz CT molecular complexity index is 457. The highest BCUT2D eigenvalue weighted by Gasteiger charge is 2.26. The van der Waals surface area contributed by atoms with Crippen LogP contribution < -0.4 is 5.73 Å². The summed E-state index contributed by atoms with van der Waals surface area (Å²) in [7, 11) is 0. The number of nitrogens with two attached hydrogens (primary N) is 1. The van der Waals surface area contributed by atoms with E-state index < -0.39 is 0 Å². The molecule has 116 valence electrons. The highest BCUT2D eigenvalue weighted by Crippen LogP contribution is 2.25. The molecule has 1 fully saturated rings. The lowest BCUT2D eigenvalue weighted by molar-refractivity contribution is 0.0655. The standard InChI is InChI=1S/C16H25N3O2/c17-9-5-11-19(13-6-3-1-2-4-7-13)16(21)14-8-10-18-12-15(14)20/h8,10,12-13,20H,1-7,9,11,17H2. The normalized spacial score (nSPS) is 16.4. The summed E-state index contributed by atoms with van der Waals surface area (Å²) in [4.78, 5) is 18.5. The lowest BCUT2D eigenvalue weighted by Crippen LogP contribution is -2.41. The van der Waals surface area contributed by atoms with E-state index in [1.807, 2.05) is 4.90 Å². The van der Waals surface area contributed by atoms with Crippen molar-refractivity contribution in [2.24, 2.45) is 5.73 Å². The lowest BCUT2D eigenvalue weighted by atomic mass is 10.0. The Morgan fingerprint density at radius 2 is 2.05 bits per heavy atom. The Kier molecular flexibility index (Phi) is 5.99. The quantitative estimate of drug-likeness (QED) is 0.816. The number of hydrogen-bond acceptors (Lipinski definition) is 4. The van der Waals surface area contributed by atoms with Gasteiger partial charge in [0, 0.05) is 18.8 Å². The van der Waals surface area contributed by atoms with Crippen LogP contribution >= 0.6 is 0 Å². The van der Waals surface area contributed by atoms with Crippen LogP contribution in [0, 0.1) is 0 Å². The summed E-state index contributed by atoms with van der Waals surface area (Å²) in [5.74, 6) is -0.149. The third-order valence-corrected chi connectivity index (χ3v) is 4.16. The predicted octanol–water partition coefficient (Wildman–Crippen LogP) is 2.30. The van der Waals surface area contributed by atoms with E-state index in [9.17, 15) is 9.90 Å². The van der Waals surface area contributed by atoms with Crippen LogP contribution in [0.1, 0.15) is 55.3 Å². The van der Waals surface area contributed by atoms with Gasteiger partial charge in [-0.3, -0.25) is 9.78 Å². The number of nitrogens with zero attached hydrogens (tertiary/aromatic N) is 2. The first-order chi connectivity index (χ1) is 10.2. The second-order valence-electron chi connectivity index (χ2n) is 5.68. The molecule has 5 nitrogen and oxygen atoms in total. The van der Waals surface area contributed by atoms with Gasteiger partial charge in [-0.25, -0.2) is 0 Å². The first kappa shape index (κ1) is 15.8. The molecular weight excluding hydrogens is 266 g/mol. The van der Waals surface area contributed by atoms with E-state index in [-0.39, 0.29) is 17.7 Å². The number of carbonyl (C=O) groups is 1. The summed E-state index contributed by atoms with van der Waals surface area (Å²) >= 11 is 0. The SMILES string of the molecule is NCCCN(C(=O)c1ccncc1O)C1CCCCCC1. The van der Waals surface area contributed by atoms with Crippen molar-refractivity contribution in [3.63, 3.8) is 0 Å². The Labute approximate surface area is 126 Å². The molecule has 1 saturated carbocycles. The molecule has 3 N–H and O–H groups in total. The molecule has 1 heterocycles. The first-order valence-electron chi connectivity index (χ1n) is 7.88. The third-order valence-electron chi connectivity index (χ3n) is 4.16. The third kappa shape index (κ3) is 4.17. The Morgan fingerprint density at radius 1 is 1.33 bits per heavy atom. The smallest absolute Gasteiger partial charge is 0.257 e. The highest BCUT2D eigenvalue weighted by atomic mass is 16.3. The summed E-state index contributed by atoms with van der Waals surface area (Å²) in [5, 5.41) is 9.87. The minimum atomic E-state index is -0.102. The van der Waals surface area contributed by atoms with E-state index in [1.165, 1.54) is 31.9 Å². The van der Waals surface area contributed by atoms with Crippen LogP contribution in [0.25, 0.3) is 0 Å². The topological polar surface area (TPSA) is 79.5 Å². The first-order valence-corrected chi connectivity index (χ1v) is 7.88. The molecule has 1 aromatic heterocycles. The van der Waals surface area contributed by atoms with Gasteiger partial charge in [-0.1, -0.05) is 25.7 Å². The van der Waals surface area contributed by atoms with E-state index in [0.29, 0.717) is 18.7 Å². The van der Waals surface area contributed by atoms with E-state index in [4.69, 9.17) is 5.73 Å². The van der Waals surface area contributed by atoms with Crippen LogP contribution in [-0.4, -0.2) is 40.0 Å². The minimum Gasteiger partial charge on any atom is -0.505 e. The van der Waals surface area contributed by atoms with Crippen molar-refractivity contribution in [1.82, 2.24) is 9.88 Å².